The van der Waals surface area contributed by atoms with Gasteiger partial charge in [0.15, 0.2) is 16.6 Å². The van der Waals surface area contributed by atoms with E-state index in [4.69, 9.17) is 70.6 Å². The number of nitrogens with zero attached hydrogens (tertiary/aromatic N) is 3. The normalized spacial score (nSPS) is 18.2. The Bertz CT molecular complexity index is 1100. The Morgan fingerprint density at radius 1 is 0.588 bits per heavy atom. The van der Waals surface area contributed by atoms with Gasteiger partial charge in [-0.05, 0) is 45.4 Å². The van der Waals surface area contributed by atoms with Gasteiger partial charge in [-0.15, -0.1) is 20.5 Å². The first-order valence-corrected chi connectivity index (χ1v) is 23.4. The Morgan fingerprint density at radius 3 is 1.08 bits per heavy atom. The summed E-state index contributed by atoms with van der Waals surface area (Å²) in [5.74, 6) is 1.14. The number of ether oxygens (including phenoxy) is 2. The maximum absolute atomic E-state index is 8.49. The third-order valence-electron chi connectivity index (χ3n) is 9.08. The topological polar surface area (TPSA) is 259 Å². The van der Waals surface area contributed by atoms with Gasteiger partial charge in [0.25, 0.3) is 0 Å². The summed E-state index contributed by atoms with van der Waals surface area (Å²) in [7, 11) is -13.8. The van der Waals surface area contributed by atoms with Crippen LogP contribution in [0.15, 0.2) is 28.2 Å². The Balaban J connectivity index is 0.00000200. The Kier molecular flexibility index (Phi) is 21.0. The van der Waals surface area contributed by atoms with E-state index >= 15 is 0 Å². The van der Waals surface area contributed by atoms with Gasteiger partial charge in [0.05, 0.1) is 13.2 Å². The second-order valence-corrected chi connectivity index (χ2v) is 26.7. The van der Waals surface area contributed by atoms with Crippen LogP contribution in [0.1, 0.15) is 94.5 Å². The monoisotopic (exact) mass is 845 g/mol. The van der Waals surface area contributed by atoms with E-state index in [9.17, 15) is 0 Å². The second kappa shape index (κ2) is 21.3. The molecule has 0 unspecified atom stereocenters. The molecule has 0 spiro atoms. The molecule has 0 amide bonds. The van der Waals surface area contributed by atoms with Crippen molar-refractivity contribution in [2.75, 3.05) is 26.4 Å². The van der Waals surface area contributed by atoms with Crippen LogP contribution in [-0.2, 0) is 34.8 Å². The molecule has 1 aromatic rings. The fourth-order valence-electron chi connectivity index (χ4n) is 7.44. The molecule has 0 aliphatic carbocycles. The van der Waals surface area contributed by atoms with Crippen LogP contribution in [0.2, 0.25) is 33.2 Å². The first-order chi connectivity index (χ1) is 22.7. The van der Waals surface area contributed by atoms with Crippen LogP contribution in [0.3, 0.4) is 0 Å². The number of pyridine rings is 1. The molecule has 20 heteroatoms. The first kappa shape index (κ1) is 50.2. The van der Waals surface area contributed by atoms with Crippen LogP contribution >= 0.6 is 0 Å². The van der Waals surface area contributed by atoms with Crippen molar-refractivity contribution in [2.24, 2.45) is 9.98 Å². The number of halogens is 2. The van der Waals surface area contributed by atoms with Crippen LogP contribution in [0.25, 0.3) is 0 Å². The molecule has 15 nitrogen and oxygen atoms in total. The summed E-state index contributed by atoms with van der Waals surface area (Å²) in [6, 6.07) is 5.80. The van der Waals surface area contributed by atoms with E-state index in [1.165, 1.54) is 0 Å². The van der Waals surface area contributed by atoms with Crippen LogP contribution in [0.5, 0.6) is 0 Å². The average Bonchev–Trinajstić information content (AvgIpc) is 3.61. The van der Waals surface area contributed by atoms with Gasteiger partial charge < -0.3 is 18.3 Å². The molecule has 51 heavy (non-hydrogen) atoms. The summed E-state index contributed by atoms with van der Waals surface area (Å²) in [5, 5.41) is 0. The molecule has 0 bridgehead atoms. The second-order valence-electron chi connectivity index (χ2n) is 14.2. The molecule has 3 heterocycles. The third kappa shape index (κ3) is 15.8. The van der Waals surface area contributed by atoms with Gasteiger partial charge in [-0.25, -0.2) is 52.2 Å². The predicted octanol–water partition coefficient (Wildman–Crippen LogP) is -1.76. The van der Waals surface area contributed by atoms with Crippen molar-refractivity contribution in [2.45, 2.75) is 128 Å². The van der Waals surface area contributed by atoms with Crippen molar-refractivity contribution >= 4 is 28.4 Å². The molecule has 3 rings (SSSR count). The minimum absolute atomic E-state index is 0. The minimum Gasteiger partial charge on any atom is -0.474 e. The number of aliphatic imine (C=N–C) groups is 2. The molecular weight excluding hydrogens is 792 g/mol. The smallest absolute Gasteiger partial charge is 0.474 e. The average molecular weight is 848 g/mol. The standard InChI is InChI=1S/C31H55N3O4Si2.2ClHO4.Ni/c1-20(2)39(21(3)4,22(5)6)37-18-26-16-35-30(32-26)28-14-13-15-29(34-28)31-33-27(17-36-31)19-38-40(23(7)8,24(9)10)25(11)12;2*2-1(3,4)5;/h13-15,20-27H,16-19H2,1-12H3;2*(H,2,3,4,5);/q;;;+2/p-2/t26-,27-;;;/m1.../s1. The molecule has 298 valence electrons. The molecule has 2 aliphatic heterocycles. The SMILES string of the molecule is CC(C)[Si](OC[C@H]1COC(c2cccc(C3=N[C@@H](CO[Si](C(C)C)(C(C)C)C(C)C)CO3)n2)=N1)(C(C)C)C(C)C.[Ni+2].[O-][Cl+3]([O-])([O-])[O-].[O-][Cl+3]([O-])([O-])[O-]. The van der Waals surface area contributed by atoms with Crippen LogP contribution < -0.4 is 37.3 Å². The van der Waals surface area contributed by atoms with Gasteiger partial charge in [0, 0.05) is 0 Å². The van der Waals surface area contributed by atoms with Gasteiger partial charge in [-0.1, -0.05) is 89.2 Å². The van der Waals surface area contributed by atoms with Crippen LogP contribution in [0.4, 0.5) is 0 Å². The summed E-state index contributed by atoms with van der Waals surface area (Å²) in [6.45, 7) is 29.9. The van der Waals surface area contributed by atoms with Crippen molar-refractivity contribution in [3.05, 3.63) is 29.6 Å². The van der Waals surface area contributed by atoms with E-state index in [1.54, 1.807) is 0 Å². The molecule has 0 radical (unpaired) electrons. The summed E-state index contributed by atoms with van der Waals surface area (Å²) in [4.78, 5) is 14.5. The maximum Gasteiger partial charge on any atom is 2.00 e. The first-order valence-electron chi connectivity index (χ1n) is 16.7. The van der Waals surface area contributed by atoms with Gasteiger partial charge >= 0.3 is 16.5 Å². The number of rotatable bonds is 14. The molecule has 2 atom stereocenters. The Hall–Kier alpha value is -0.803. The summed E-state index contributed by atoms with van der Waals surface area (Å²) in [5.41, 5.74) is 4.65. The minimum atomic E-state index is -4.94. The summed E-state index contributed by atoms with van der Waals surface area (Å²) in [6.07, 6.45) is 0. The Morgan fingerprint density at radius 2 is 0.843 bits per heavy atom. The van der Waals surface area contributed by atoms with E-state index in [2.05, 4.69) is 83.1 Å². The summed E-state index contributed by atoms with van der Waals surface area (Å²) < 4.78 is 93.5. The summed E-state index contributed by atoms with van der Waals surface area (Å²) >= 11 is 0. The number of aromatic nitrogens is 1. The van der Waals surface area contributed by atoms with E-state index in [0.717, 1.165) is 0 Å². The maximum atomic E-state index is 8.49. The third-order valence-corrected chi connectivity index (χ3v) is 21.2. The molecule has 0 saturated heterocycles. The molecule has 1 aromatic heterocycles. The van der Waals surface area contributed by atoms with E-state index in [0.29, 0.717) is 82.9 Å². The van der Waals surface area contributed by atoms with Gasteiger partial charge in [-0.3, -0.25) is 0 Å². The van der Waals surface area contributed by atoms with E-state index in [-0.39, 0.29) is 28.6 Å². The molecule has 0 fully saturated rings. The quantitative estimate of drug-likeness (QED) is 0.188. The van der Waals surface area contributed by atoms with Crippen molar-refractivity contribution in [3.63, 3.8) is 0 Å². The molecule has 2 aliphatic rings. The van der Waals surface area contributed by atoms with Crippen molar-refractivity contribution in [1.29, 1.82) is 0 Å². The van der Waals surface area contributed by atoms with Gasteiger partial charge in [0.1, 0.15) is 36.7 Å². The van der Waals surface area contributed by atoms with E-state index < -0.39 is 37.1 Å². The molecule has 0 N–H and O–H groups in total. The zero-order chi connectivity index (χ0) is 38.8. The van der Waals surface area contributed by atoms with Crippen molar-refractivity contribution < 1.29 is 92.6 Å². The van der Waals surface area contributed by atoms with Gasteiger partial charge in [-0.2, -0.15) is 0 Å². The predicted molar refractivity (Wildman–Crippen MR) is 171 cm³/mol. The van der Waals surface area contributed by atoms with Crippen LogP contribution in [0, 0.1) is 20.5 Å². The molecular formula is C31H55Cl2N3NiO12Si2. The van der Waals surface area contributed by atoms with Crippen molar-refractivity contribution in [3.8, 4) is 0 Å². The zero-order valence-electron chi connectivity index (χ0n) is 31.5. The Labute approximate surface area is 319 Å². The fourth-order valence-corrected chi connectivity index (χ4v) is 18.4. The van der Waals surface area contributed by atoms with Crippen molar-refractivity contribution in [1.82, 2.24) is 4.98 Å². The zero-order valence-corrected chi connectivity index (χ0v) is 36.0. The van der Waals surface area contributed by atoms with E-state index in [1.807, 2.05) is 18.2 Å². The van der Waals surface area contributed by atoms with Gasteiger partial charge in [0.2, 0.25) is 11.8 Å². The largest absolute Gasteiger partial charge is 2.00 e. The van der Waals surface area contributed by atoms with Crippen LogP contribution in [-0.4, -0.2) is 71.9 Å². The molecule has 0 saturated carbocycles. The number of hydrogen-bond donors (Lipinski definition) is 0. The fraction of sp³-hybridized carbons (Fsp3) is 0.774. The number of hydrogen-bond acceptors (Lipinski definition) is 15. The molecule has 0 aromatic carbocycles.